The van der Waals surface area contributed by atoms with E-state index in [1.165, 1.54) is 88.7 Å². The summed E-state index contributed by atoms with van der Waals surface area (Å²) in [6, 6.07) is 9.96. The van der Waals surface area contributed by atoms with E-state index in [9.17, 15) is 4.39 Å². The van der Waals surface area contributed by atoms with E-state index in [0.29, 0.717) is 18.3 Å². The van der Waals surface area contributed by atoms with E-state index in [2.05, 4.69) is 25.1 Å². The number of fused-ring (bicyclic) bond motifs is 2. The Labute approximate surface area is 200 Å². The Bertz CT molecular complexity index is 917. The van der Waals surface area contributed by atoms with Gasteiger partial charge in [-0.15, -0.1) is 0 Å². The zero-order valence-corrected chi connectivity index (χ0v) is 20.8. The normalized spacial score (nSPS) is 25.4. The first-order valence-electron chi connectivity index (χ1n) is 13.6. The van der Waals surface area contributed by atoms with Crippen LogP contribution >= 0.6 is 0 Å². The van der Waals surface area contributed by atoms with Crippen LogP contribution in [0.25, 0.3) is 10.8 Å². The van der Waals surface area contributed by atoms with E-state index in [4.69, 9.17) is 4.74 Å². The Kier molecular flexibility index (Phi) is 8.87. The van der Waals surface area contributed by atoms with Gasteiger partial charge >= 0.3 is 0 Å². The SMILES string of the molecule is C/C=C/COc1cc(F)c2cc([C@@H]3CC[C@@H]4CC(CCCCCCC)CCC4C3)ccc2c1. The van der Waals surface area contributed by atoms with Crippen LogP contribution in [0.5, 0.6) is 5.75 Å². The van der Waals surface area contributed by atoms with Crippen molar-refractivity contribution in [1.82, 2.24) is 0 Å². The number of rotatable bonds is 10. The van der Waals surface area contributed by atoms with E-state index >= 15 is 0 Å². The minimum absolute atomic E-state index is 0.169. The highest BCUT2D eigenvalue weighted by atomic mass is 19.1. The highest BCUT2D eigenvalue weighted by molar-refractivity contribution is 5.85. The molecule has 0 bridgehead atoms. The molecule has 0 amide bonds. The first-order valence-corrected chi connectivity index (χ1v) is 13.6. The summed E-state index contributed by atoms with van der Waals surface area (Å²) < 4.78 is 20.6. The molecule has 0 saturated heterocycles. The maximum absolute atomic E-state index is 14.9. The lowest BCUT2D eigenvalue weighted by Crippen LogP contribution is -2.30. The molecular formula is C31H43FO. The number of hydrogen-bond acceptors (Lipinski definition) is 1. The van der Waals surface area contributed by atoms with Crippen molar-refractivity contribution in [2.45, 2.75) is 96.8 Å². The lowest BCUT2D eigenvalue weighted by molar-refractivity contribution is 0.113. The van der Waals surface area contributed by atoms with Gasteiger partial charge < -0.3 is 4.74 Å². The summed E-state index contributed by atoms with van der Waals surface area (Å²) >= 11 is 0. The highest BCUT2D eigenvalue weighted by Crippen LogP contribution is 2.48. The van der Waals surface area contributed by atoms with Crippen LogP contribution < -0.4 is 4.74 Å². The molecular weight excluding hydrogens is 407 g/mol. The van der Waals surface area contributed by atoms with Crippen molar-refractivity contribution in [2.75, 3.05) is 6.61 Å². The molecule has 0 spiro atoms. The summed E-state index contributed by atoms with van der Waals surface area (Å²) in [5.74, 6) is 3.81. The summed E-state index contributed by atoms with van der Waals surface area (Å²) in [6.07, 6.45) is 20.6. The fraction of sp³-hybridized carbons (Fsp3) is 0.613. The predicted octanol–water partition coefficient (Wildman–Crippen LogP) is 9.59. The molecule has 0 radical (unpaired) electrons. The first-order chi connectivity index (χ1) is 16.2. The van der Waals surface area contributed by atoms with Crippen LogP contribution in [-0.2, 0) is 0 Å². The number of ether oxygens (including phenoxy) is 1. The van der Waals surface area contributed by atoms with E-state index in [1.54, 1.807) is 0 Å². The van der Waals surface area contributed by atoms with E-state index < -0.39 is 0 Å². The van der Waals surface area contributed by atoms with Crippen molar-refractivity contribution in [1.29, 1.82) is 0 Å². The van der Waals surface area contributed by atoms with Crippen molar-refractivity contribution >= 4 is 10.8 Å². The third-order valence-corrected chi connectivity index (χ3v) is 8.39. The quantitative estimate of drug-likeness (QED) is 0.258. The Hall–Kier alpha value is -1.83. The van der Waals surface area contributed by atoms with Gasteiger partial charge in [0.05, 0.1) is 0 Å². The molecule has 0 heterocycles. The highest BCUT2D eigenvalue weighted by Gasteiger charge is 2.35. The molecule has 2 saturated carbocycles. The van der Waals surface area contributed by atoms with Gasteiger partial charge in [0.1, 0.15) is 18.2 Å². The zero-order valence-electron chi connectivity index (χ0n) is 20.8. The average Bonchev–Trinajstić information content (AvgIpc) is 2.83. The smallest absolute Gasteiger partial charge is 0.134 e. The second-order valence-electron chi connectivity index (χ2n) is 10.7. The molecule has 1 nitrogen and oxygen atoms in total. The van der Waals surface area contributed by atoms with Gasteiger partial charge in [0.2, 0.25) is 0 Å². The maximum atomic E-state index is 14.9. The van der Waals surface area contributed by atoms with Crippen molar-refractivity contribution in [3.8, 4) is 5.75 Å². The molecule has 0 N–H and O–H groups in total. The largest absolute Gasteiger partial charge is 0.489 e. The Morgan fingerprint density at radius 2 is 1.76 bits per heavy atom. The molecule has 4 atom stereocenters. The van der Waals surface area contributed by atoms with Gasteiger partial charge in [-0.3, -0.25) is 0 Å². The summed E-state index contributed by atoms with van der Waals surface area (Å²) in [5, 5.41) is 1.67. The number of hydrogen-bond donors (Lipinski definition) is 0. The van der Waals surface area contributed by atoms with Crippen LogP contribution in [0.4, 0.5) is 4.39 Å². The van der Waals surface area contributed by atoms with Crippen molar-refractivity contribution < 1.29 is 9.13 Å². The van der Waals surface area contributed by atoms with E-state index in [1.807, 2.05) is 25.1 Å². The molecule has 180 valence electrons. The topological polar surface area (TPSA) is 9.23 Å². The van der Waals surface area contributed by atoms with Crippen LogP contribution in [0.3, 0.4) is 0 Å². The fourth-order valence-electron chi connectivity index (χ4n) is 6.47. The molecule has 2 unspecified atom stereocenters. The Morgan fingerprint density at radius 1 is 0.939 bits per heavy atom. The molecule has 2 fully saturated rings. The third kappa shape index (κ3) is 6.40. The lowest BCUT2D eigenvalue weighted by atomic mass is 9.63. The Morgan fingerprint density at radius 3 is 2.61 bits per heavy atom. The standard InChI is InChI=1S/C31H43FO/c1-3-5-7-8-9-10-23-11-12-25-19-26(14-13-24(25)18-23)27-15-16-28-20-29(33-17-6-4-2)22-31(32)30(28)21-27/h4,6,15-16,20-26H,3,5,7-14,17-19H2,1-2H3/b6-4+/t23?,24-,25?,26-/m1/s1. The maximum Gasteiger partial charge on any atom is 0.134 e. The van der Waals surface area contributed by atoms with Gasteiger partial charge in [0.15, 0.2) is 0 Å². The second kappa shape index (κ2) is 12.0. The lowest BCUT2D eigenvalue weighted by Gasteiger charge is -2.42. The third-order valence-electron chi connectivity index (χ3n) is 8.39. The van der Waals surface area contributed by atoms with Crippen molar-refractivity contribution in [2.24, 2.45) is 17.8 Å². The number of unbranched alkanes of at least 4 members (excludes halogenated alkanes) is 4. The predicted molar refractivity (Wildman–Crippen MR) is 139 cm³/mol. The van der Waals surface area contributed by atoms with Crippen LogP contribution in [0.2, 0.25) is 0 Å². The van der Waals surface area contributed by atoms with Crippen LogP contribution in [0.1, 0.15) is 102 Å². The molecule has 2 aromatic carbocycles. The van der Waals surface area contributed by atoms with Gasteiger partial charge in [0.25, 0.3) is 0 Å². The first kappa shape index (κ1) is 24.3. The minimum atomic E-state index is -0.169. The Balaban J connectivity index is 1.34. The molecule has 2 aromatic rings. The van der Waals surface area contributed by atoms with Crippen LogP contribution in [0, 0.1) is 23.6 Å². The van der Waals surface area contributed by atoms with Gasteiger partial charge in [-0.05, 0) is 85.8 Å². The van der Waals surface area contributed by atoms with Gasteiger partial charge in [-0.2, -0.15) is 0 Å². The van der Waals surface area contributed by atoms with Crippen LogP contribution in [-0.4, -0.2) is 6.61 Å². The molecule has 0 aromatic heterocycles. The molecule has 2 heteroatoms. The summed E-state index contributed by atoms with van der Waals surface area (Å²) in [4.78, 5) is 0. The summed E-state index contributed by atoms with van der Waals surface area (Å²) in [5.41, 5.74) is 1.33. The van der Waals surface area contributed by atoms with Crippen LogP contribution in [0.15, 0.2) is 42.5 Å². The zero-order chi connectivity index (χ0) is 23.0. The summed E-state index contributed by atoms with van der Waals surface area (Å²) in [6.45, 7) is 4.73. The molecule has 0 aliphatic heterocycles. The van der Waals surface area contributed by atoms with Crippen molar-refractivity contribution in [3.63, 3.8) is 0 Å². The molecule has 4 rings (SSSR count). The minimum Gasteiger partial charge on any atom is -0.489 e. The molecule has 2 aliphatic rings. The van der Waals surface area contributed by atoms with E-state index in [-0.39, 0.29) is 5.82 Å². The van der Waals surface area contributed by atoms with Gasteiger partial charge in [-0.1, -0.05) is 76.2 Å². The number of allylic oxidation sites excluding steroid dienone is 1. The molecule has 33 heavy (non-hydrogen) atoms. The van der Waals surface area contributed by atoms with Crippen molar-refractivity contribution in [3.05, 3.63) is 53.9 Å². The molecule has 2 aliphatic carbocycles. The van der Waals surface area contributed by atoms with Gasteiger partial charge in [0, 0.05) is 11.5 Å². The number of halogens is 1. The van der Waals surface area contributed by atoms with Gasteiger partial charge in [-0.25, -0.2) is 4.39 Å². The monoisotopic (exact) mass is 450 g/mol. The second-order valence-corrected chi connectivity index (χ2v) is 10.7. The average molecular weight is 451 g/mol. The number of benzene rings is 2. The summed E-state index contributed by atoms with van der Waals surface area (Å²) in [7, 11) is 0. The van der Waals surface area contributed by atoms with E-state index in [0.717, 1.165) is 28.5 Å². The fourth-order valence-corrected chi connectivity index (χ4v) is 6.47.